The Hall–Kier alpha value is -2.97. The monoisotopic (exact) mass is 437 g/mol. The standard InChI is InChI=1S/C22H26F3N3O3/c1-16-7-10-27(11-8-16)20(29)9-12-28(15-19-6-3-13-31-19)21(30)26-18-5-2-4-17(14-18)22(23,24)25/h2-6,13-14,16H,7-12,15H2,1H3,(H,26,30). The number of hydrogen-bond acceptors (Lipinski definition) is 3. The minimum Gasteiger partial charge on any atom is -0.467 e. The van der Waals surface area contributed by atoms with Crippen molar-refractivity contribution < 1.29 is 27.2 Å². The molecule has 9 heteroatoms. The fourth-order valence-corrected chi connectivity index (χ4v) is 3.47. The van der Waals surface area contributed by atoms with Crippen LogP contribution >= 0.6 is 0 Å². The number of nitrogens with one attached hydrogen (secondary N) is 1. The van der Waals surface area contributed by atoms with Crippen molar-refractivity contribution in [3.05, 3.63) is 54.0 Å². The zero-order chi connectivity index (χ0) is 22.4. The van der Waals surface area contributed by atoms with E-state index in [4.69, 9.17) is 4.42 Å². The summed E-state index contributed by atoms with van der Waals surface area (Å²) in [7, 11) is 0. The lowest BCUT2D eigenvalue weighted by atomic mass is 9.99. The molecule has 1 fully saturated rings. The van der Waals surface area contributed by atoms with Crippen LogP contribution in [-0.2, 0) is 17.5 Å². The number of nitrogens with zero attached hydrogens (tertiary/aromatic N) is 2. The van der Waals surface area contributed by atoms with Gasteiger partial charge in [-0.15, -0.1) is 0 Å². The first-order valence-electron chi connectivity index (χ1n) is 10.3. The molecule has 0 spiro atoms. The van der Waals surface area contributed by atoms with E-state index in [1.165, 1.54) is 23.3 Å². The van der Waals surface area contributed by atoms with Crippen LogP contribution in [0.1, 0.15) is 37.5 Å². The Balaban J connectivity index is 1.65. The van der Waals surface area contributed by atoms with Gasteiger partial charge in [0, 0.05) is 31.7 Å². The summed E-state index contributed by atoms with van der Waals surface area (Å²) in [6, 6.07) is 7.21. The molecule has 1 aromatic heterocycles. The smallest absolute Gasteiger partial charge is 0.416 e. The van der Waals surface area contributed by atoms with Gasteiger partial charge in [0.2, 0.25) is 5.91 Å². The number of anilines is 1. The Morgan fingerprint density at radius 3 is 2.58 bits per heavy atom. The number of carbonyl (C=O) groups is 2. The van der Waals surface area contributed by atoms with Crippen LogP contribution in [-0.4, -0.2) is 41.4 Å². The topological polar surface area (TPSA) is 65.8 Å². The molecule has 0 atom stereocenters. The predicted octanol–water partition coefficient (Wildman–Crippen LogP) is 4.98. The zero-order valence-corrected chi connectivity index (χ0v) is 17.3. The van der Waals surface area contributed by atoms with Crippen molar-refractivity contribution in [2.75, 3.05) is 25.0 Å². The SMILES string of the molecule is CC1CCN(C(=O)CCN(Cc2ccco2)C(=O)Nc2cccc(C(F)(F)F)c2)CC1. The summed E-state index contributed by atoms with van der Waals surface area (Å²) in [6.45, 7) is 3.78. The molecule has 0 unspecified atom stereocenters. The third-order valence-corrected chi connectivity index (χ3v) is 5.39. The second kappa shape index (κ2) is 9.89. The van der Waals surface area contributed by atoms with Gasteiger partial charge in [0.1, 0.15) is 5.76 Å². The Morgan fingerprint density at radius 2 is 1.94 bits per heavy atom. The number of hydrogen-bond donors (Lipinski definition) is 1. The molecule has 0 bridgehead atoms. The van der Waals surface area contributed by atoms with Crippen molar-refractivity contribution in [2.45, 2.75) is 38.9 Å². The maximum Gasteiger partial charge on any atom is 0.416 e. The molecular formula is C22H26F3N3O3. The van der Waals surface area contributed by atoms with Crippen molar-refractivity contribution in [3.8, 4) is 0 Å². The Labute approximate surface area is 179 Å². The molecule has 31 heavy (non-hydrogen) atoms. The van der Waals surface area contributed by atoms with E-state index < -0.39 is 17.8 Å². The first-order valence-corrected chi connectivity index (χ1v) is 10.3. The minimum absolute atomic E-state index is 0.0283. The summed E-state index contributed by atoms with van der Waals surface area (Å²) in [5, 5.41) is 2.50. The Bertz CT molecular complexity index is 876. The first kappa shape index (κ1) is 22.7. The molecule has 1 N–H and O–H groups in total. The van der Waals surface area contributed by atoms with E-state index in [1.54, 1.807) is 17.0 Å². The van der Waals surface area contributed by atoms with E-state index in [9.17, 15) is 22.8 Å². The summed E-state index contributed by atoms with van der Waals surface area (Å²) in [5.74, 6) is 1.07. The Kier molecular flexibility index (Phi) is 7.25. The molecular weight excluding hydrogens is 411 g/mol. The van der Waals surface area contributed by atoms with Crippen LogP contribution in [0.15, 0.2) is 47.1 Å². The second-order valence-corrected chi connectivity index (χ2v) is 7.82. The lowest BCUT2D eigenvalue weighted by Gasteiger charge is -2.31. The van der Waals surface area contributed by atoms with E-state index in [0.717, 1.165) is 25.0 Å². The molecule has 3 rings (SSSR count). The molecule has 3 amide bonds. The largest absolute Gasteiger partial charge is 0.467 e. The molecule has 2 aromatic rings. The summed E-state index contributed by atoms with van der Waals surface area (Å²) >= 11 is 0. The lowest BCUT2D eigenvalue weighted by molar-refractivity contribution is -0.137. The van der Waals surface area contributed by atoms with Gasteiger partial charge in [0.25, 0.3) is 0 Å². The highest BCUT2D eigenvalue weighted by atomic mass is 19.4. The second-order valence-electron chi connectivity index (χ2n) is 7.82. The molecule has 1 aromatic carbocycles. The molecule has 1 aliphatic heterocycles. The molecule has 0 radical (unpaired) electrons. The highest BCUT2D eigenvalue weighted by Crippen LogP contribution is 2.30. The minimum atomic E-state index is -4.51. The number of halogens is 3. The first-order chi connectivity index (χ1) is 14.7. The van der Waals surface area contributed by atoms with Gasteiger partial charge in [-0.05, 0) is 49.1 Å². The van der Waals surface area contributed by atoms with Gasteiger partial charge < -0.3 is 19.5 Å². The molecule has 2 heterocycles. The number of furan rings is 1. The number of amides is 3. The van der Waals surface area contributed by atoms with Gasteiger partial charge in [-0.2, -0.15) is 13.2 Å². The summed E-state index contributed by atoms with van der Waals surface area (Å²) in [5.41, 5.74) is -0.821. The fraction of sp³-hybridized carbons (Fsp3) is 0.455. The summed E-state index contributed by atoms with van der Waals surface area (Å²) < 4.78 is 44.1. The van der Waals surface area contributed by atoms with Crippen LogP contribution in [0.5, 0.6) is 0 Å². The van der Waals surface area contributed by atoms with Gasteiger partial charge in [0.05, 0.1) is 18.4 Å². The normalized spacial score (nSPS) is 15.0. The number of piperidine rings is 1. The summed E-state index contributed by atoms with van der Waals surface area (Å²) in [6.07, 6.45) is -0.994. The van der Waals surface area contributed by atoms with E-state index in [2.05, 4.69) is 12.2 Å². The maximum atomic E-state index is 12.9. The highest BCUT2D eigenvalue weighted by molar-refractivity contribution is 5.89. The predicted molar refractivity (Wildman–Crippen MR) is 109 cm³/mol. The van der Waals surface area contributed by atoms with E-state index in [1.807, 2.05) is 0 Å². The molecule has 1 saturated heterocycles. The van der Waals surface area contributed by atoms with E-state index >= 15 is 0 Å². The number of urea groups is 1. The van der Waals surface area contributed by atoms with Crippen LogP contribution in [0, 0.1) is 5.92 Å². The molecule has 0 aliphatic carbocycles. The van der Waals surface area contributed by atoms with E-state index in [-0.39, 0.29) is 31.1 Å². The fourth-order valence-electron chi connectivity index (χ4n) is 3.47. The van der Waals surface area contributed by atoms with Gasteiger partial charge in [-0.25, -0.2) is 4.79 Å². The van der Waals surface area contributed by atoms with Crippen molar-refractivity contribution in [3.63, 3.8) is 0 Å². The van der Waals surface area contributed by atoms with E-state index in [0.29, 0.717) is 24.8 Å². The number of rotatable bonds is 6. The third kappa shape index (κ3) is 6.50. The number of alkyl halides is 3. The van der Waals surface area contributed by atoms with Crippen molar-refractivity contribution in [1.29, 1.82) is 0 Å². The summed E-state index contributed by atoms with van der Waals surface area (Å²) in [4.78, 5) is 28.5. The average molecular weight is 437 g/mol. The molecule has 6 nitrogen and oxygen atoms in total. The Morgan fingerprint density at radius 1 is 1.19 bits per heavy atom. The number of likely N-dealkylation sites (tertiary alicyclic amines) is 1. The number of benzene rings is 1. The van der Waals surface area contributed by atoms with Crippen LogP contribution < -0.4 is 5.32 Å². The maximum absolute atomic E-state index is 12.9. The third-order valence-electron chi connectivity index (χ3n) is 5.39. The quantitative estimate of drug-likeness (QED) is 0.693. The lowest BCUT2D eigenvalue weighted by Crippen LogP contribution is -2.41. The van der Waals surface area contributed by atoms with Crippen molar-refractivity contribution in [1.82, 2.24) is 9.80 Å². The average Bonchev–Trinajstić information content (AvgIpc) is 3.24. The van der Waals surface area contributed by atoms with Crippen molar-refractivity contribution in [2.24, 2.45) is 5.92 Å². The van der Waals surface area contributed by atoms with Crippen LogP contribution in [0.25, 0.3) is 0 Å². The van der Waals surface area contributed by atoms with Crippen molar-refractivity contribution >= 4 is 17.6 Å². The van der Waals surface area contributed by atoms with Gasteiger partial charge in [0.15, 0.2) is 0 Å². The highest BCUT2D eigenvalue weighted by Gasteiger charge is 2.30. The van der Waals surface area contributed by atoms with Crippen LogP contribution in [0.2, 0.25) is 0 Å². The van der Waals surface area contributed by atoms with Crippen LogP contribution in [0.3, 0.4) is 0 Å². The van der Waals surface area contributed by atoms with Crippen LogP contribution in [0.4, 0.5) is 23.7 Å². The molecule has 0 saturated carbocycles. The van der Waals surface area contributed by atoms with Gasteiger partial charge in [-0.3, -0.25) is 4.79 Å². The van der Waals surface area contributed by atoms with Gasteiger partial charge in [-0.1, -0.05) is 13.0 Å². The number of carbonyl (C=O) groups excluding carboxylic acids is 2. The van der Waals surface area contributed by atoms with Gasteiger partial charge >= 0.3 is 12.2 Å². The zero-order valence-electron chi connectivity index (χ0n) is 17.3. The molecule has 1 aliphatic rings. The molecule has 168 valence electrons.